The molecule has 19 heavy (non-hydrogen) atoms. The van der Waals surface area contributed by atoms with Gasteiger partial charge in [-0.05, 0) is 28.1 Å². The minimum absolute atomic E-state index is 0.0184. The predicted octanol–water partition coefficient (Wildman–Crippen LogP) is 2.69. The Labute approximate surface area is 115 Å². The van der Waals surface area contributed by atoms with Crippen LogP contribution in [0.5, 0.6) is 0 Å². The zero-order valence-electron chi connectivity index (χ0n) is 9.79. The first-order valence-corrected chi connectivity index (χ1v) is 6.16. The Morgan fingerprint density at radius 2 is 2.26 bits per heavy atom. The molecule has 3 aromatic rings. The highest BCUT2D eigenvalue weighted by Gasteiger charge is 2.20. The van der Waals surface area contributed by atoms with Gasteiger partial charge in [0.05, 0.1) is 10.2 Å². The topological polar surface area (TPSA) is 81.2 Å². The predicted molar refractivity (Wildman–Crippen MR) is 70.9 cm³/mol. The summed E-state index contributed by atoms with van der Waals surface area (Å²) < 4.78 is 7.21. The van der Waals surface area contributed by atoms with Crippen LogP contribution < -0.4 is 0 Å². The molecule has 3 rings (SSSR count). The van der Waals surface area contributed by atoms with Crippen molar-refractivity contribution in [2.45, 2.75) is 0 Å². The minimum atomic E-state index is -1.07. The lowest BCUT2D eigenvalue weighted by Gasteiger charge is -2.02. The molecule has 0 saturated carbocycles. The van der Waals surface area contributed by atoms with E-state index in [1.165, 1.54) is 11.1 Å². The fourth-order valence-corrected chi connectivity index (χ4v) is 2.69. The third kappa shape index (κ3) is 1.82. The number of benzene rings is 1. The van der Waals surface area contributed by atoms with Gasteiger partial charge < -0.3 is 9.52 Å². The van der Waals surface area contributed by atoms with Gasteiger partial charge in [0, 0.05) is 12.6 Å². The summed E-state index contributed by atoms with van der Waals surface area (Å²) in [5.41, 5.74) is 2.85. The van der Waals surface area contributed by atoms with Gasteiger partial charge >= 0.3 is 5.97 Å². The lowest BCUT2D eigenvalue weighted by Crippen LogP contribution is -1.99. The van der Waals surface area contributed by atoms with Crippen molar-refractivity contribution in [3.63, 3.8) is 0 Å². The number of aromatic carboxylic acids is 1. The molecule has 6 nitrogen and oxygen atoms in total. The fraction of sp³-hybridized carbons (Fsp3) is 0.0833. The van der Waals surface area contributed by atoms with Gasteiger partial charge in [0.2, 0.25) is 0 Å². The molecule has 96 valence electrons. The van der Waals surface area contributed by atoms with E-state index in [-0.39, 0.29) is 5.69 Å². The van der Waals surface area contributed by atoms with E-state index in [9.17, 15) is 4.79 Å². The Balaban J connectivity index is 2.23. The summed E-state index contributed by atoms with van der Waals surface area (Å²) >= 11 is 3.28. The standard InChI is InChI=1S/C12H8BrN3O3/c1-16-11(9(13)10(15-16)12(17)18)6-2-3-7-8(4-6)19-5-14-7/h2-5H,1H3,(H,17,18). The molecule has 0 amide bonds. The van der Waals surface area contributed by atoms with Crippen LogP contribution in [0.3, 0.4) is 0 Å². The monoisotopic (exact) mass is 321 g/mol. The van der Waals surface area contributed by atoms with E-state index >= 15 is 0 Å². The van der Waals surface area contributed by atoms with Gasteiger partial charge in [-0.15, -0.1) is 0 Å². The van der Waals surface area contributed by atoms with Crippen LogP contribution in [-0.4, -0.2) is 25.8 Å². The second-order valence-electron chi connectivity index (χ2n) is 3.97. The number of oxazole rings is 1. The first-order valence-electron chi connectivity index (χ1n) is 5.37. The van der Waals surface area contributed by atoms with E-state index in [2.05, 4.69) is 26.0 Å². The molecule has 1 aromatic carbocycles. The maximum absolute atomic E-state index is 11.1. The first-order chi connectivity index (χ1) is 9.08. The summed E-state index contributed by atoms with van der Waals surface area (Å²) in [6.45, 7) is 0. The molecule has 0 atom stereocenters. The number of carboxylic acids is 1. The average Bonchev–Trinajstić information content (AvgIpc) is 2.93. The Bertz CT molecular complexity index is 791. The van der Waals surface area contributed by atoms with Crippen molar-refractivity contribution in [1.82, 2.24) is 14.8 Å². The number of carbonyl (C=O) groups is 1. The average molecular weight is 322 g/mol. The van der Waals surface area contributed by atoms with Gasteiger partial charge in [-0.3, -0.25) is 4.68 Å². The number of fused-ring (bicyclic) bond motifs is 1. The molecule has 0 unspecified atom stereocenters. The van der Waals surface area contributed by atoms with Crippen molar-refractivity contribution >= 4 is 33.0 Å². The highest BCUT2D eigenvalue weighted by molar-refractivity contribution is 9.10. The molecule has 0 fully saturated rings. The summed E-state index contributed by atoms with van der Waals surface area (Å²) in [7, 11) is 1.69. The summed E-state index contributed by atoms with van der Waals surface area (Å²) in [4.78, 5) is 15.1. The Morgan fingerprint density at radius 3 is 2.95 bits per heavy atom. The molecular weight excluding hydrogens is 314 g/mol. The van der Waals surface area contributed by atoms with Crippen LogP contribution >= 0.6 is 15.9 Å². The van der Waals surface area contributed by atoms with Crippen molar-refractivity contribution in [1.29, 1.82) is 0 Å². The number of nitrogens with zero attached hydrogens (tertiary/aromatic N) is 3. The van der Waals surface area contributed by atoms with Crippen LogP contribution in [-0.2, 0) is 7.05 Å². The van der Waals surface area contributed by atoms with E-state index < -0.39 is 5.97 Å². The van der Waals surface area contributed by atoms with Crippen LogP contribution in [0.4, 0.5) is 0 Å². The third-order valence-corrected chi connectivity index (χ3v) is 3.55. The number of halogens is 1. The Hall–Kier alpha value is -2.15. The minimum Gasteiger partial charge on any atom is -0.476 e. The molecule has 0 aliphatic rings. The molecule has 0 aliphatic heterocycles. The van der Waals surface area contributed by atoms with E-state index in [4.69, 9.17) is 9.52 Å². The van der Waals surface area contributed by atoms with Gasteiger partial charge in [0.15, 0.2) is 17.7 Å². The van der Waals surface area contributed by atoms with E-state index in [0.29, 0.717) is 15.7 Å². The zero-order chi connectivity index (χ0) is 13.6. The third-order valence-electron chi connectivity index (χ3n) is 2.80. The summed E-state index contributed by atoms with van der Waals surface area (Å²) in [6.07, 6.45) is 1.37. The first kappa shape index (κ1) is 11.9. The van der Waals surface area contributed by atoms with Gasteiger partial charge in [0.1, 0.15) is 5.52 Å². The lowest BCUT2D eigenvalue weighted by molar-refractivity contribution is 0.0688. The second kappa shape index (κ2) is 4.20. The summed E-state index contributed by atoms with van der Waals surface area (Å²) in [6, 6.07) is 5.46. The molecule has 0 bridgehead atoms. The smallest absolute Gasteiger partial charge is 0.357 e. The SMILES string of the molecule is Cn1nc(C(=O)O)c(Br)c1-c1ccc2ncoc2c1. The van der Waals surface area contributed by atoms with Crippen molar-refractivity contribution < 1.29 is 14.3 Å². The number of hydrogen-bond donors (Lipinski definition) is 1. The number of rotatable bonds is 2. The molecule has 1 N–H and O–H groups in total. The molecular formula is C12H8BrN3O3. The van der Waals surface area contributed by atoms with Crippen LogP contribution in [0.25, 0.3) is 22.4 Å². The molecule has 0 radical (unpaired) electrons. The van der Waals surface area contributed by atoms with Gasteiger partial charge in [-0.1, -0.05) is 6.07 Å². The highest BCUT2D eigenvalue weighted by Crippen LogP contribution is 2.32. The van der Waals surface area contributed by atoms with Gasteiger partial charge in [-0.25, -0.2) is 9.78 Å². The van der Waals surface area contributed by atoms with Gasteiger partial charge in [0.25, 0.3) is 0 Å². The summed E-state index contributed by atoms with van der Waals surface area (Å²) in [5, 5.41) is 13.0. The van der Waals surface area contributed by atoms with Crippen LogP contribution in [0.2, 0.25) is 0 Å². The number of carboxylic acid groups (broad SMARTS) is 1. The number of hydrogen-bond acceptors (Lipinski definition) is 4. The molecule has 0 saturated heterocycles. The molecule has 0 spiro atoms. The van der Waals surface area contributed by atoms with Crippen LogP contribution in [0.15, 0.2) is 33.5 Å². The number of aryl methyl sites for hydroxylation is 1. The molecule has 2 aromatic heterocycles. The van der Waals surface area contributed by atoms with E-state index in [1.54, 1.807) is 13.1 Å². The Morgan fingerprint density at radius 1 is 1.47 bits per heavy atom. The normalized spacial score (nSPS) is 11.1. The van der Waals surface area contributed by atoms with Gasteiger partial charge in [-0.2, -0.15) is 5.10 Å². The van der Waals surface area contributed by atoms with Crippen LogP contribution in [0.1, 0.15) is 10.5 Å². The quantitative estimate of drug-likeness (QED) is 0.784. The Kier molecular flexibility index (Phi) is 2.63. The maximum atomic E-state index is 11.1. The van der Waals surface area contributed by atoms with E-state index in [0.717, 1.165) is 11.1 Å². The van der Waals surface area contributed by atoms with Crippen molar-refractivity contribution in [2.75, 3.05) is 0 Å². The largest absolute Gasteiger partial charge is 0.476 e. The fourth-order valence-electron chi connectivity index (χ4n) is 1.95. The summed E-state index contributed by atoms with van der Waals surface area (Å²) in [5.74, 6) is -1.07. The van der Waals surface area contributed by atoms with Crippen molar-refractivity contribution in [3.05, 3.63) is 34.8 Å². The van der Waals surface area contributed by atoms with Crippen LogP contribution in [0, 0.1) is 0 Å². The maximum Gasteiger partial charge on any atom is 0.357 e. The van der Waals surface area contributed by atoms with E-state index in [1.807, 2.05) is 12.1 Å². The molecule has 0 aliphatic carbocycles. The van der Waals surface area contributed by atoms with Crippen molar-refractivity contribution in [2.24, 2.45) is 7.05 Å². The second-order valence-corrected chi connectivity index (χ2v) is 4.77. The highest BCUT2D eigenvalue weighted by atomic mass is 79.9. The number of aromatic nitrogens is 3. The van der Waals surface area contributed by atoms with Crippen molar-refractivity contribution in [3.8, 4) is 11.3 Å². The molecule has 7 heteroatoms. The molecule has 2 heterocycles. The lowest BCUT2D eigenvalue weighted by atomic mass is 10.1. The zero-order valence-corrected chi connectivity index (χ0v) is 11.4.